The van der Waals surface area contributed by atoms with Crippen LogP contribution in [0, 0.1) is 5.82 Å². The SMILES string of the molecule is CCN(CCc1ccn(-c2ccc(F)cc2)n1)C(=O)c1ccccc1-c1ncccn1. The lowest BCUT2D eigenvalue weighted by atomic mass is 10.1. The Morgan fingerprint density at radius 3 is 2.48 bits per heavy atom. The van der Waals surface area contributed by atoms with Gasteiger partial charge in [0.05, 0.1) is 16.9 Å². The van der Waals surface area contributed by atoms with Gasteiger partial charge in [0.25, 0.3) is 5.91 Å². The number of hydrogen-bond donors (Lipinski definition) is 0. The third-order valence-corrected chi connectivity index (χ3v) is 5.01. The van der Waals surface area contributed by atoms with E-state index in [2.05, 4.69) is 15.1 Å². The number of rotatable bonds is 7. The molecule has 156 valence electrons. The zero-order chi connectivity index (χ0) is 21.6. The molecular weight excluding hydrogens is 393 g/mol. The Hall–Kier alpha value is -3.87. The van der Waals surface area contributed by atoms with Gasteiger partial charge in [-0.3, -0.25) is 4.79 Å². The summed E-state index contributed by atoms with van der Waals surface area (Å²) in [7, 11) is 0. The molecule has 4 rings (SSSR count). The van der Waals surface area contributed by atoms with E-state index in [9.17, 15) is 9.18 Å². The summed E-state index contributed by atoms with van der Waals surface area (Å²) in [6, 6.07) is 17.2. The lowest BCUT2D eigenvalue weighted by molar-refractivity contribution is 0.0766. The number of halogens is 1. The zero-order valence-electron chi connectivity index (χ0n) is 17.1. The molecule has 0 atom stereocenters. The Balaban J connectivity index is 1.48. The van der Waals surface area contributed by atoms with Crippen LogP contribution >= 0.6 is 0 Å². The molecule has 0 unspecified atom stereocenters. The number of amides is 1. The summed E-state index contributed by atoms with van der Waals surface area (Å²) in [5, 5.41) is 4.55. The summed E-state index contributed by atoms with van der Waals surface area (Å²) >= 11 is 0. The summed E-state index contributed by atoms with van der Waals surface area (Å²) in [5.74, 6) is 0.179. The molecule has 0 fully saturated rings. The Morgan fingerprint density at radius 1 is 1.00 bits per heavy atom. The lowest BCUT2D eigenvalue weighted by Gasteiger charge is -2.21. The van der Waals surface area contributed by atoms with E-state index < -0.39 is 0 Å². The third-order valence-electron chi connectivity index (χ3n) is 5.01. The van der Waals surface area contributed by atoms with Gasteiger partial charge in [-0.25, -0.2) is 19.0 Å². The van der Waals surface area contributed by atoms with E-state index in [0.717, 1.165) is 11.4 Å². The number of aromatic nitrogens is 4. The van der Waals surface area contributed by atoms with Crippen LogP contribution in [0.3, 0.4) is 0 Å². The Labute approximate surface area is 180 Å². The minimum absolute atomic E-state index is 0.0662. The molecule has 2 heterocycles. The van der Waals surface area contributed by atoms with Gasteiger partial charge in [-0.1, -0.05) is 18.2 Å². The van der Waals surface area contributed by atoms with Crippen molar-refractivity contribution in [1.29, 1.82) is 0 Å². The normalized spacial score (nSPS) is 10.8. The maximum absolute atomic E-state index is 13.3. The second kappa shape index (κ2) is 9.30. The molecule has 7 heteroatoms. The van der Waals surface area contributed by atoms with E-state index in [-0.39, 0.29) is 11.7 Å². The van der Waals surface area contributed by atoms with Gasteiger partial charge in [-0.05, 0) is 49.4 Å². The van der Waals surface area contributed by atoms with Gasteiger partial charge >= 0.3 is 0 Å². The Morgan fingerprint density at radius 2 is 1.74 bits per heavy atom. The van der Waals surface area contributed by atoms with Crippen molar-refractivity contribution < 1.29 is 9.18 Å². The molecule has 6 nitrogen and oxygen atoms in total. The van der Waals surface area contributed by atoms with Crippen LogP contribution < -0.4 is 0 Å². The molecule has 4 aromatic rings. The van der Waals surface area contributed by atoms with E-state index in [1.165, 1.54) is 12.1 Å². The van der Waals surface area contributed by atoms with Gasteiger partial charge in [0.15, 0.2) is 5.82 Å². The van der Waals surface area contributed by atoms with Crippen LogP contribution in [0.1, 0.15) is 23.0 Å². The predicted octanol–water partition coefficient (Wildman–Crippen LogP) is 4.17. The number of hydrogen-bond acceptors (Lipinski definition) is 4. The number of carbonyl (C=O) groups excluding carboxylic acids is 1. The molecule has 2 aromatic carbocycles. The van der Waals surface area contributed by atoms with Gasteiger partial charge in [0, 0.05) is 43.7 Å². The highest BCUT2D eigenvalue weighted by atomic mass is 19.1. The van der Waals surface area contributed by atoms with Crippen molar-refractivity contribution in [3.05, 3.63) is 96.3 Å². The van der Waals surface area contributed by atoms with Crippen LogP contribution in [0.4, 0.5) is 4.39 Å². The number of carbonyl (C=O) groups is 1. The van der Waals surface area contributed by atoms with Crippen LogP contribution in [0.2, 0.25) is 0 Å². The topological polar surface area (TPSA) is 63.9 Å². The molecule has 0 aliphatic heterocycles. The van der Waals surface area contributed by atoms with Crippen LogP contribution in [0.5, 0.6) is 0 Å². The van der Waals surface area contributed by atoms with Crippen molar-refractivity contribution in [2.45, 2.75) is 13.3 Å². The number of nitrogens with zero attached hydrogens (tertiary/aromatic N) is 5. The van der Waals surface area contributed by atoms with Crippen LogP contribution in [-0.4, -0.2) is 43.6 Å². The smallest absolute Gasteiger partial charge is 0.254 e. The third kappa shape index (κ3) is 4.66. The van der Waals surface area contributed by atoms with Crippen molar-refractivity contribution in [2.24, 2.45) is 0 Å². The molecule has 0 spiro atoms. The van der Waals surface area contributed by atoms with Crippen molar-refractivity contribution in [2.75, 3.05) is 13.1 Å². The maximum atomic E-state index is 13.3. The Kier molecular flexibility index (Phi) is 6.12. The van der Waals surface area contributed by atoms with Gasteiger partial charge in [-0.15, -0.1) is 0 Å². The Bertz CT molecular complexity index is 1160. The maximum Gasteiger partial charge on any atom is 0.254 e. The van der Waals surface area contributed by atoms with Crippen LogP contribution in [0.25, 0.3) is 17.1 Å². The molecule has 0 bridgehead atoms. The number of benzene rings is 2. The zero-order valence-corrected chi connectivity index (χ0v) is 17.1. The predicted molar refractivity (Wildman–Crippen MR) is 116 cm³/mol. The van der Waals surface area contributed by atoms with Gasteiger partial charge in [0.1, 0.15) is 5.82 Å². The van der Waals surface area contributed by atoms with Gasteiger partial charge in [0.2, 0.25) is 0 Å². The summed E-state index contributed by atoms with van der Waals surface area (Å²) in [4.78, 5) is 23.6. The standard InChI is InChI=1S/C24H22FN5O/c1-2-29(16-12-19-13-17-30(28-19)20-10-8-18(25)9-11-20)24(31)22-7-4-3-6-21(22)23-26-14-5-15-27-23/h3-11,13-15,17H,2,12,16H2,1H3. The number of likely N-dealkylation sites (N-methyl/N-ethyl adjacent to an activating group) is 1. The molecule has 0 radical (unpaired) electrons. The van der Waals surface area contributed by atoms with E-state index in [1.54, 1.807) is 46.2 Å². The summed E-state index contributed by atoms with van der Waals surface area (Å²) in [6.07, 6.45) is 5.78. The van der Waals surface area contributed by atoms with E-state index >= 15 is 0 Å². The van der Waals surface area contributed by atoms with Gasteiger partial charge < -0.3 is 4.90 Å². The molecule has 0 N–H and O–H groups in total. The van der Waals surface area contributed by atoms with E-state index in [0.29, 0.717) is 36.5 Å². The molecule has 1 amide bonds. The quantitative estimate of drug-likeness (QED) is 0.454. The van der Waals surface area contributed by atoms with Crippen LogP contribution in [-0.2, 0) is 6.42 Å². The average molecular weight is 415 g/mol. The fourth-order valence-electron chi connectivity index (χ4n) is 3.36. The van der Waals surface area contributed by atoms with Crippen molar-refractivity contribution >= 4 is 5.91 Å². The summed E-state index contributed by atoms with van der Waals surface area (Å²) in [5.41, 5.74) is 2.93. The molecule has 0 saturated heterocycles. The van der Waals surface area contributed by atoms with Crippen molar-refractivity contribution in [3.8, 4) is 17.1 Å². The monoisotopic (exact) mass is 415 g/mol. The first kappa shape index (κ1) is 20.4. The molecule has 2 aromatic heterocycles. The summed E-state index contributed by atoms with van der Waals surface area (Å²) < 4.78 is 14.8. The second-order valence-corrected chi connectivity index (χ2v) is 6.98. The van der Waals surface area contributed by atoms with Gasteiger partial charge in [-0.2, -0.15) is 5.10 Å². The first-order valence-corrected chi connectivity index (χ1v) is 10.1. The van der Waals surface area contributed by atoms with E-state index in [4.69, 9.17) is 0 Å². The fraction of sp³-hybridized carbons (Fsp3) is 0.167. The molecule has 0 aliphatic rings. The average Bonchev–Trinajstić information content (AvgIpc) is 3.29. The lowest BCUT2D eigenvalue weighted by Crippen LogP contribution is -2.33. The first-order chi connectivity index (χ1) is 15.2. The molecule has 31 heavy (non-hydrogen) atoms. The first-order valence-electron chi connectivity index (χ1n) is 10.1. The van der Waals surface area contributed by atoms with E-state index in [1.807, 2.05) is 37.4 Å². The van der Waals surface area contributed by atoms with Crippen molar-refractivity contribution in [1.82, 2.24) is 24.6 Å². The minimum Gasteiger partial charge on any atom is -0.339 e. The highest BCUT2D eigenvalue weighted by Gasteiger charge is 2.19. The highest BCUT2D eigenvalue weighted by Crippen LogP contribution is 2.21. The second-order valence-electron chi connectivity index (χ2n) is 6.98. The molecule has 0 aliphatic carbocycles. The van der Waals surface area contributed by atoms with Crippen molar-refractivity contribution in [3.63, 3.8) is 0 Å². The minimum atomic E-state index is -0.283. The highest BCUT2D eigenvalue weighted by molar-refractivity contribution is 6.00. The molecular formula is C24H22FN5O. The summed E-state index contributed by atoms with van der Waals surface area (Å²) in [6.45, 7) is 3.05. The molecule has 0 saturated carbocycles. The van der Waals surface area contributed by atoms with Crippen LogP contribution in [0.15, 0.2) is 79.3 Å². The largest absolute Gasteiger partial charge is 0.339 e. The fourth-order valence-corrected chi connectivity index (χ4v) is 3.36.